The van der Waals surface area contributed by atoms with Crippen LogP contribution < -0.4 is 9.47 Å². The fraction of sp³-hybridized carbons (Fsp3) is 0.333. The molecule has 1 unspecified atom stereocenters. The molecular formula is C30H32FNO4. The lowest BCUT2D eigenvalue weighted by Crippen LogP contribution is -2.38. The largest absolute Gasteiger partial charge is 0.508 e. The first-order valence-electron chi connectivity index (χ1n) is 12.5. The van der Waals surface area contributed by atoms with Crippen LogP contribution in [0.25, 0.3) is 11.1 Å². The third-order valence-corrected chi connectivity index (χ3v) is 7.12. The van der Waals surface area contributed by atoms with E-state index in [9.17, 15) is 14.6 Å². The van der Waals surface area contributed by atoms with Crippen LogP contribution in [0.15, 0.2) is 66.7 Å². The van der Waals surface area contributed by atoms with Crippen LogP contribution in [-0.2, 0) is 0 Å². The molecule has 3 aromatic carbocycles. The number of alkyl halides is 1. The number of phenolic OH excluding ortho intramolecular Hbond substituents is 2. The Morgan fingerprint density at radius 2 is 1.83 bits per heavy atom. The van der Waals surface area contributed by atoms with Crippen molar-refractivity contribution >= 4 is 11.1 Å². The number of piperidine rings is 1. The molecule has 0 radical (unpaired) electrons. The Hall–Kier alpha value is -3.51. The maximum atomic E-state index is 13.0. The van der Waals surface area contributed by atoms with Crippen LogP contribution in [0.4, 0.5) is 4.39 Å². The van der Waals surface area contributed by atoms with E-state index in [1.807, 2.05) is 43.3 Å². The van der Waals surface area contributed by atoms with Crippen molar-refractivity contribution in [1.29, 1.82) is 0 Å². The molecule has 2 atom stereocenters. The van der Waals surface area contributed by atoms with Crippen LogP contribution in [0.3, 0.4) is 0 Å². The van der Waals surface area contributed by atoms with Gasteiger partial charge in [0, 0.05) is 30.1 Å². The number of hydrogen-bond acceptors (Lipinski definition) is 5. The van der Waals surface area contributed by atoms with E-state index in [1.54, 1.807) is 30.3 Å². The van der Waals surface area contributed by atoms with Gasteiger partial charge in [-0.2, -0.15) is 0 Å². The number of aromatic hydroxyl groups is 2. The second-order valence-corrected chi connectivity index (χ2v) is 9.65. The highest BCUT2D eigenvalue weighted by Crippen LogP contribution is 2.47. The summed E-state index contributed by atoms with van der Waals surface area (Å²) >= 11 is 0. The maximum absolute atomic E-state index is 13.0. The third kappa shape index (κ3) is 5.19. The highest BCUT2D eigenvalue weighted by atomic mass is 19.1. The molecular weight excluding hydrogens is 457 g/mol. The van der Waals surface area contributed by atoms with Gasteiger partial charge in [-0.25, -0.2) is 0 Å². The van der Waals surface area contributed by atoms with Gasteiger partial charge in [-0.3, -0.25) is 9.29 Å². The number of ether oxygens (including phenoxy) is 2. The zero-order valence-corrected chi connectivity index (χ0v) is 20.5. The lowest BCUT2D eigenvalue weighted by atomic mass is 9.86. The number of rotatable bonds is 7. The topological polar surface area (TPSA) is 62.2 Å². The molecule has 2 aliphatic heterocycles. The summed E-state index contributed by atoms with van der Waals surface area (Å²) in [5, 5.41) is 20.2. The molecule has 0 saturated carbocycles. The highest BCUT2D eigenvalue weighted by molar-refractivity contribution is 5.95. The minimum Gasteiger partial charge on any atom is -0.508 e. The van der Waals surface area contributed by atoms with Crippen molar-refractivity contribution in [2.24, 2.45) is 5.92 Å². The molecule has 36 heavy (non-hydrogen) atoms. The summed E-state index contributed by atoms with van der Waals surface area (Å²) in [4.78, 5) is 2.28. The van der Waals surface area contributed by atoms with Crippen molar-refractivity contribution < 1.29 is 24.1 Å². The lowest BCUT2D eigenvalue weighted by molar-refractivity contribution is 0.132. The Labute approximate surface area is 211 Å². The first-order valence-corrected chi connectivity index (χ1v) is 12.5. The predicted molar refractivity (Wildman–Crippen MR) is 139 cm³/mol. The SMILES string of the molecule is CC1=C(c2cccc(O)c2)C(c2ccc(OCCN3CCC[C@@H](CF)C3)cc2)Oc2ccc(O)cc21. The summed E-state index contributed by atoms with van der Waals surface area (Å²) in [5.41, 5.74) is 4.57. The number of fused-ring (bicyclic) bond motifs is 1. The summed E-state index contributed by atoms with van der Waals surface area (Å²) < 4.78 is 25.4. The summed E-state index contributed by atoms with van der Waals surface area (Å²) in [5.74, 6) is 1.99. The van der Waals surface area contributed by atoms with E-state index < -0.39 is 0 Å². The van der Waals surface area contributed by atoms with Gasteiger partial charge >= 0.3 is 0 Å². The minimum absolute atomic E-state index is 0.153. The predicted octanol–water partition coefficient (Wildman–Crippen LogP) is 6.22. The average molecular weight is 490 g/mol. The molecule has 0 aliphatic carbocycles. The molecule has 188 valence electrons. The third-order valence-electron chi connectivity index (χ3n) is 7.12. The average Bonchev–Trinajstić information content (AvgIpc) is 2.89. The van der Waals surface area contributed by atoms with E-state index in [4.69, 9.17) is 9.47 Å². The molecule has 2 heterocycles. The number of halogens is 1. The molecule has 0 amide bonds. The van der Waals surface area contributed by atoms with Crippen LogP contribution in [0.1, 0.15) is 42.6 Å². The normalized spacial score (nSPS) is 20.1. The van der Waals surface area contributed by atoms with E-state index in [0.29, 0.717) is 12.4 Å². The van der Waals surface area contributed by atoms with Gasteiger partial charge in [0.25, 0.3) is 0 Å². The first-order chi connectivity index (χ1) is 17.5. The van der Waals surface area contributed by atoms with Crippen LogP contribution in [0.2, 0.25) is 0 Å². The monoisotopic (exact) mass is 489 g/mol. The van der Waals surface area contributed by atoms with Gasteiger partial charge < -0.3 is 19.7 Å². The molecule has 3 aromatic rings. The van der Waals surface area contributed by atoms with Gasteiger partial charge in [0.15, 0.2) is 0 Å². The molecule has 1 fully saturated rings. The number of benzene rings is 3. The summed E-state index contributed by atoms with van der Waals surface area (Å²) in [6, 6.07) is 20.1. The molecule has 2 N–H and O–H groups in total. The van der Waals surface area contributed by atoms with Crippen molar-refractivity contribution in [2.45, 2.75) is 25.9 Å². The Kier molecular flexibility index (Phi) is 7.14. The van der Waals surface area contributed by atoms with Crippen LogP contribution in [0, 0.1) is 5.92 Å². The molecule has 6 heteroatoms. The van der Waals surface area contributed by atoms with E-state index in [0.717, 1.165) is 66.1 Å². The zero-order chi connectivity index (χ0) is 25.1. The Balaban J connectivity index is 1.35. The van der Waals surface area contributed by atoms with Crippen molar-refractivity contribution in [1.82, 2.24) is 4.90 Å². The Morgan fingerprint density at radius 3 is 2.61 bits per heavy atom. The maximum Gasteiger partial charge on any atom is 0.150 e. The number of likely N-dealkylation sites (tertiary alicyclic amines) is 1. The Bertz CT molecular complexity index is 1240. The van der Waals surface area contributed by atoms with Crippen molar-refractivity contribution in [2.75, 3.05) is 32.9 Å². The number of hydrogen-bond donors (Lipinski definition) is 2. The lowest BCUT2D eigenvalue weighted by Gasteiger charge is -2.31. The van der Waals surface area contributed by atoms with E-state index >= 15 is 0 Å². The summed E-state index contributed by atoms with van der Waals surface area (Å²) in [6.07, 6.45) is 1.63. The molecule has 5 rings (SSSR count). The van der Waals surface area contributed by atoms with E-state index in [-0.39, 0.29) is 30.2 Å². The number of phenols is 2. The standard InChI is InChI=1S/C30H32FNO4/c1-20-27-17-25(34)9-12-28(27)36-30(29(20)23-5-2-6-24(33)16-23)22-7-10-26(11-8-22)35-15-14-32-13-3-4-21(18-31)19-32/h2,5-12,16-17,21,30,33-34H,3-4,13-15,18-19H2,1H3/t21-,30?/m0/s1. The van der Waals surface area contributed by atoms with Gasteiger partial charge in [0.05, 0.1) is 6.67 Å². The second-order valence-electron chi connectivity index (χ2n) is 9.65. The fourth-order valence-corrected chi connectivity index (χ4v) is 5.23. The van der Waals surface area contributed by atoms with Crippen molar-refractivity contribution in [3.63, 3.8) is 0 Å². The zero-order valence-electron chi connectivity index (χ0n) is 20.5. The minimum atomic E-state index is -0.385. The van der Waals surface area contributed by atoms with Gasteiger partial charge in [-0.15, -0.1) is 0 Å². The van der Waals surface area contributed by atoms with Gasteiger partial charge in [-0.1, -0.05) is 24.3 Å². The summed E-state index contributed by atoms with van der Waals surface area (Å²) in [7, 11) is 0. The van der Waals surface area contributed by atoms with Crippen LogP contribution in [0.5, 0.6) is 23.0 Å². The quantitative estimate of drug-likeness (QED) is 0.412. The van der Waals surface area contributed by atoms with E-state index in [2.05, 4.69) is 4.90 Å². The number of allylic oxidation sites excluding steroid dienone is 1. The molecule has 0 aromatic heterocycles. The van der Waals surface area contributed by atoms with E-state index in [1.165, 1.54) is 0 Å². The van der Waals surface area contributed by atoms with Gasteiger partial charge in [-0.05, 0) is 85.5 Å². The Morgan fingerprint density at radius 1 is 1.03 bits per heavy atom. The highest BCUT2D eigenvalue weighted by Gasteiger charge is 2.29. The molecule has 1 saturated heterocycles. The van der Waals surface area contributed by atoms with Crippen LogP contribution in [-0.4, -0.2) is 48.0 Å². The molecule has 0 bridgehead atoms. The van der Waals surface area contributed by atoms with Gasteiger partial charge in [0.2, 0.25) is 0 Å². The molecule has 0 spiro atoms. The first kappa shape index (κ1) is 24.2. The molecule has 5 nitrogen and oxygen atoms in total. The fourth-order valence-electron chi connectivity index (χ4n) is 5.23. The number of nitrogens with zero attached hydrogens (tertiary/aromatic N) is 1. The van der Waals surface area contributed by atoms with Crippen molar-refractivity contribution in [3.8, 4) is 23.0 Å². The smallest absolute Gasteiger partial charge is 0.150 e. The van der Waals surface area contributed by atoms with Crippen molar-refractivity contribution in [3.05, 3.63) is 83.4 Å². The second kappa shape index (κ2) is 10.6. The van der Waals surface area contributed by atoms with Crippen LogP contribution >= 0.6 is 0 Å². The van der Waals surface area contributed by atoms with Gasteiger partial charge in [0.1, 0.15) is 35.7 Å². The molecule has 2 aliphatic rings. The summed E-state index contributed by atoms with van der Waals surface area (Å²) in [6.45, 7) is 4.92.